The van der Waals surface area contributed by atoms with Gasteiger partial charge >= 0.3 is 0 Å². The van der Waals surface area contributed by atoms with Gasteiger partial charge in [-0.15, -0.1) is 0 Å². The summed E-state index contributed by atoms with van der Waals surface area (Å²) in [6.07, 6.45) is 1.76. The first-order valence-corrected chi connectivity index (χ1v) is 5.29. The van der Waals surface area contributed by atoms with Crippen LogP contribution >= 0.6 is 0 Å². The van der Waals surface area contributed by atoms with E-state index in [2.05, 4.69) is 5.32 Å². The fourth-order valence-electron chi connectivity index (χ4n) is 1.45. The number of hydrogen-bond acceptors (Lipinski definition) is 3. The summed E-state index contributed by atoms with van der Waals surface area (Å²) in [5.74, 6) is -0.582. The maximum atomic E-state index is 13.5. The summed E-state index contributed by atoms with van der Waals surface area (Å²) in [5.41, 5.74) is 0.0897. The molecule has 0 saturated carbocycles. The Morgan fingerprint density at radius 1 is 1.44 bits per heavy atom. The summed E-state index contributed by atoms with van der Waals surface area (Å²) < 4.78 is 13.5. The largest absolute Gasteiger partial charge is 0.380 e. The zero-order chi connectivity index (χ0) is 12.1. The van der Waals surface area contributed by atoms with E-state index in [0.29, 0.717) is 5.69 Å². The molecular weight excluding hydrogens is 211 g/mol. The number of nitrogens with one attached hydrogen (secondary N) is 1. The third-order valence-electron chi connectivity index (χ3n) is 2.51. The molecule has 5 heteroatoms. The molecule has 0 amide bonds. The first-order chi connectivity index (χ1) is 7.58. The van der Waals surface area contributed by atoms with E-state index in [1.165, 1.54) is 12.1 Å². The lowest BCUT2D eigenvalue weighted by Gasteiger charge is -2.16. The van der Waals surface area contributed by atoms with Crippen molar-refractivity contribution in [3.8, 4) is 0 Å². The Bertz CT molecular complexity index is 378. The standard InChI is InChI=1S/C11H15FN2O2/c1-3-8(4-2)13-11-6-5-9(14(15)16)7-10(11)12/h5-8,13H,3-4H2,1-2H3. The van der Waals surface area contributed by atoms with Crippen LogP contribution in [0.3, 0.4) is 0 Å². The Balaban J connectivity index is 2.86. The number of rotatable bonds is 5. The molecule has 88 valence electrons. The lowest BCUT2D eigenvalue weighted by atomic mass is 10.1. The zero-order valence-electron chi connectivity index (χ0n) is 9.37. The average molecular weight is 226 g/mol. The van der Waals surface area contributed by atoms with Crippen LogP contribution in [0, 0.1) is 15.9 Å². The van der Waals surface area contributed by atoms with Crippen LogP contribution < -0.4 is 5.32 Å². The highest BCUT2D eigenvalue weighted by molar-refractivity contribution is 5.50. The monoisotopic (exact) mass is 226 g/mol. The van der Waals surface area contributed by atoms with Crippen molar-refractivity contribution < 1.29 is 9.31 Å². The minimum Gasteiger partial charge on any atom is -0.380 e. The van der Waals surface area contributed by atoms with Crippen LogP contribution in [0.4, 0.5) is 15.8 Å². The molecule has 1 aromatic carbocycles. The average Bonchev–Trinajstić information content (AvgIpc) is 2.27. The predicted octanol–water partition coefficient (Wildman–Crippen LogP) is 3.33. The van der Waals surface area contributed by atoms with Gasteiger partial charge in [0.1, 0.15) is 0 Å². The number of halogens is 1. The second kappa shape index (κ2) is 5.44. The van der Waals surface area contributed by atoms with Crippen molar-refractivity contribution in [3.63, 3.8) is 0 Å². The van der Waals surface area contributed by atoms with Gasteiger partial charge in [0.25, 0.3) is 5.69 Å². The van der Waals surface area contributed by atoms with Crippen molar-refractivity contribution in [2.45, 2.75) is 32.7 Å². The number of benzene rings is 1. The molecule has 0 atom stereocenters. The Kier molecular flexibility index (Phi) is 4.22. The lowest BCUT2D eigenvalue weighted by Crippen LogP contribution is -2.17. The van der Waals surface area contributed by atoms with Crippen molar-refractivity contribution in [2.24, 2.45) is 0 Å². The maximum Gasteiger partial charge on any atom is 0.272 e. The smallest absolute Gasteiger partial charge is 0.272 e. The fraction of sp³-hybridized carbons (Fsp3) is 0.455. The van der Waals surface area contributed by atoms with Gasteiger partial charge in [0.2, 0.25) is 0 Å². The van der Waals surface area contributed by atoms with Gasteiger partial charge in [0.05, 0.1) is 16.7 Å². The molecule has 0 radical (unpaired) electrons. The molecule has 0 heterocycles. The SMILES string of the molecule is CCC(CC)Nc1ccc([N+](=O)[O-])cc1F. The normalized spacial score (nSPS) is 10.5. The quantitative estimate of drug-likeness (QED) is 0.618. The van der Waals surface area contributed by atoms with Crippen LogP contribution in [0.25, 0.3) is 0 Å². The first kappa shape index (κ1) is 12.4. The molecule has 1 aromatic rings. The number of hydrogen-bond donors (Lipinski definition) is 1. The van der Waals surface area contributed by atoms with Gasteiger partial charge in [-0.25, -0.2) is 4.39 Å². The molecule has 0 spiro atoms. The second-order valence-corrected chi connectivity index (χ2v) is 3.58. The number of nitrogens with zero attached hydrogens (tertiary/aromatic N) is 1. The molecule has 0 aliphatic heterocycles. The summed E-state index contributed by atoms with van der Waals surface area (Å²) in [6.45, 7) is 4.01. The molecule has 0 aliphatic carbocycles. The fourth-order valence-corrected chi connectivity index (χ4v) is 1.45. The van der Waals surface area contributed by atoms with E-state index in [-0.39, 0.29) is 11.7 Å². The van der Waals surface area contributed by atoms with Gasteiger partial charge in [-0.3, -0.25) is 10.1 Å². The number of nitro benzene ring substituents is 1. The van der Waals surface area contributed by atoms with Crippen LogP contribution in [0.5, 0.6) is 0 Å². The minimum absolute atomic E-state index is 0.191. The molecule has 16 heavy (non-hydrogen) atoms. The summed E-state index contributed by atoms with van der Waals surface area (Å²) >= 11 is 0. The van der Waals surface area contributed by atoms with E-state index >= 15 is 0 Å². The first-order valence-electron chi connectivity index (χ1n) is 5.29. The van der Waals surface area contributed by atoms with Crippen molar-refractivity contribution in [3.05, 3.63) is 34.1 Å². The molecule has 0 aromatic heterocycles. The molecule has 0 unspecified atom stereocenters. The van der Waals surface area contributed by atoms with E-state index in [9.17, 15) is 14.5 Å². The van der Waals surface area contributed by atoms with E-state index in [1.807, 2.05) is 13.8 Å². The molecule has 0 aliphatic rings. The third-order valence-corrected chi connectivity index (χ3v) is 2.51. The Morgan fingerprint density at radius 2 is 2.06 bits per heavy atom. The van der Waals surface area contributed by atoms with Gasteiger partial charge in [0.15, 0.2) is 5.82 Å². The van der Waals surface area contributed by atoms with Crippen molar-refractivity contribution in [1.29, 1.82) is 0 Å². The predicted molar refractivity (Wildman–Crippen MR) is 61.0 cm³/mol. The molecule has 0 bridgehead atoms. The Labute approximate surface area is 93.6 Å². The highest BCUT2D eigenvalue weighted by Crippen LogP contribution is 2.21. The van der Waals surface area contributed by atoms with Crippen LogP contribution in [0.15, 0.2) is 18.2 Å². The van der Waals surface area contributed by atoms with Gasteiger partial charge in [0, 0.05) is 12.1 Å². The zero-order valence-corrected chi connectivity index (χ0v) is 9.37. The molecule has 1 N–H and O–H groups in total. The Hall–Kier alpha value is -1.65. The molecule has 0 saturated heterocycles. The van der Waals surface area contributed by atoms with Gasteiger partial charge in [-0.1, -0.05) is 13.8 Å². The van der Waals surface area contributed by atoms with Gasteiger partial charge in [-0.2, -0.15) is 0 Å². The highest BCUT2D eigenvalue weighted by Gasteiger charge is 2.12. The third kappa shape index (κ3) is 2.92. The lowest BCUT2D eigenvalue weighted by molar-refractivity contribution is -0.385. The molecule has 4 nitrogen and oxygen atoms in total. The van der Waals surface area contributed by atoms with Crippen LogP contribution in [-0.4, -0.2) is 11.0 Å². The second-order valence-electron chi connectivity index (χ2n) is 3.58. The van der Waals surface area contributed by atoms with Crippen molar-refractivity contribution >= 4 is 11.4 Å². The van der Waals surface area contributed by atoms with Crippen molar-refractivity contribution in [2.75, 3.05) is 5.32 Å². The van der Waals surface area contributed by atoms with Crippen LogP contribution in [-0.2, 0) is 0 Å². The number of nitro groups is 1. The molecule has 1 rings (SSSR count). The Morgan fingerprint density at radius 3 is 2.50 bits per heavy atom. The summed E-state index contributed by atoms with van der Waals surface area (Å²) in [6, 6.07) is 3.83. The van der Waals surface area contributed by atoms with E-state index in [4.69, 9.17) is 0 Å². The van der Waals surface area contributed by atoms with E-state index in [0.717, 1.165) is 18.9 Å². The number of anilines is 1. The van der Waals surface area contributed by atoms with Gasteiger partial charge in [-0.05, 0) is 18.9 Å². The van der Waals surface area contributed by atoms with Gasteiger partial charge < -0.3 is 5.32 Å². The maximum absolute atomic E-state index is 13.5. The van der Waals surface area contributed by atoms with E-state index < -0.39 is 10.7 Å². The van der Waals surface area contributed by atoms with Crippen LogP contribution in [0.1, 0.15) is 26.7 Å². The minimum atomic E-state index is -0.607. The van der Waals surface area contributed by atoms with E-state index in [1.54, 1.807) is 0 Å². The van der Waals surface area contributed by atoms with Crippen LogP contribution in [0.2, 0.25) is 0 Å². The summed E-state index contributed by atoms with van der Waals surface area (Å²) in [7, 11) is 0. The molecule has 0 fully saturated rings. The summed E-state index contributed by atoms with van der Waals surface area (Å²) in [4.78, 5) is 9.81. The summed E-state index contributed by atoms with van der Waals surface area (Å²) in [5, 5.41) is 13.4. The number of non-ortho nitro benzene ring substituents is 1. The topological polar surface area (TPSA) is 55.2 Å². The highest BCUT2D eigenvalue weighted by atomic mass is 19.1. The van der Waals surface area contributed by atoms with Crippen molar-refractivity contribution in [1.82, 2.24) is 0 Å². The molecular formula is C11H15FN2O2.